The molecule has 2 atom stereocenters. The molecule has 0 bridgehead atoms. The number of ether oxygens (including phenoxy) is 3. The van der Waals surface area contributed by atoms with E-state index in [1.54, 1.807) is 17.5 Å². The van der Waals surface area contributed by atoms with Gasteiger partial charge in [0, 0.05) is 26.6 Å². The molecule has 0 aromatic carbocycles. The highest BCUT2D eigenvalue weighted by Gasteiger charge is 2.30. The molecule has 1 saturated heterocycles. The van der Waals surface area contributed by atoms with E-state index in [1.165, 1.54) is 18.6 Å². The number of nitrogens with zero attached hydrogens (tertiary/aromatic N) is 5. The van der Waals surface area contributed by atoms with Crippen LogP contribution < -0.4 is 5.73 Å². The summed E-state index contributed by atoms with van der Waals surface area (Å²) in [5, 5.41) is 25.6. The molecule has 1 aliphatic rings. The summed E-state index contributed by atoms with van der Waals surface area (Å²) in [5.41, 5.74) is 7.59. The van der Waals surface area contributed by atoms with E-state index in [2.05, 4.69) is 16.7 Å². The first-order chi connectivity index (χ1) is 19.5. The Morgan fingerprint density at radius 3 is 2.29 bits per heavy atom. The van der Waals surface area contributed by atoms with Crippen molar-refractivity contribution in [2.45, 2.75) is 59.7 Å². The Balaban J connectivity index is 0.00000115. The van der Waals surface area contributed by atoms with Gasteiger partial charge < -0.3 is 30.2 Å². The monoisotopic (exact) mass is 576 g/mol. The number of carbonyl (C=O) groups is 4. The summed E-state index contributed by atoms with van der Waals surface area (Å²) < 4.78 is 19.2. The van der Waals surface area contributed by atoms with Gasteiger partial charge in [-0.15, -0.1) is 0 Å². The number of carboxylic acids is 2. The summed E-state index contributed by atoms with van der Waals surface area (Å²) in [6.45, 7) is 11.7. The normalized spacial score (nSPS) is 14.7. The first kappa shape index (κ1) is 36.0. The lowest BCUT2D eigenvalue weighted by Gasteiger charge is -2.15. The molecule has 2 unspecified atom stereocenters. The number of nitriles is 1. The number of carbonyl (C=O) groups excluding carboxylic acids is 2. The van der Waals surface area contributed by atoms with E-state index in [1.807, 2.05) is 26.0 Å². The number of hydrogen-bond donors (Lipinski definition) is 3. The smallest absolute Gasteiger partial charge is 0.418 e. The lowest BCUT2D eigenvalue weighted by molar-refractivity contribution is -0.135. The largest absolute Gasteiger partial charge is 0.481 e. The van der Waals surface area contributed by atoms with Crippen molar-refractivity contribution < 1.29 is 43.6 Å². The fourth-order valence-electron chi connectivity index (χ4n) is 3.41. The Hall–Kier alpha value is -4.97. The molecule has 15 nitrogen and oxygen atoms in total. The molecule has 3 aromatic rings. The Labute approximate surface area is 237 Å². The second-order valence-corrected chi connectivity index (χ2v) is 7.62. The van der Waals surface area contributed by atoms with Crippen molar-refractivity contribution in [3.8, 4) is 6.57 Å². The highest BCUT2D eigenvalue weighted by Crippen LogP contribution is 2.34. The van der Waals surface area contributed by atoms with Gasteiger partial charge in [-0.1, -0.05) is 13.8 Å². The van der Waals surface area contributed by atoms with E-state index < -0.39 is 24.0 Å². The molecule has 3 aromatic heterocycles. The average molecular weight is 577 g/mol. The molecule has 0 radical (unpaired) electrons. The van der Waals surface area contributed by atoms with E-state index in [0.717, 1.165) is 42.5 Å². The molecule has 4 rings (SSSR count). The summed E-state index contributed by atoms with van der Waals surface area (Å²) in [4.78, 5) is 46.2. The van der Waals surface area contributed by atoms with Crippen LogP contribution in [0.4, 0.5) is 10.6 Å². The van der Waals surface area contributed by atoms with Crippen molar-refractivity contribution in [3.63, 3.8) is 0 Å². The standard InChI is InChI=1S/C19H21N5O5.2C2H4O2.C2H6.CHN/c1-2-27-18(25)15-4-3-9-23(15)19(26)28-10-12-5-8-16(29-12)13-6-7-14-17(20)21-11-22-24(13)14;2*1-2(3)4;2*1-2/h3-4,6-7,9,11-12,16H,2,5,8,10H2,1H3,(H2,20,21,22);2*1H3,(H,3,4);1-2H3;1H. The van der Waals surface area contributed by atoms with Gasteiger partial charge in [0.2, 0.25) is 0 Å². The number of fused-ring (bicyclic) bond motifs is 1. The zero-order chi connectivity index (χ0) is 31.5. The third-order valence-corrected chi connectivity index (χ3v) is 4.77. The lowest BCUT2D eigenvalue weighted by Crippen LogP contribution is -2.24. The third kappa shape index (κ3) is 11.8. The fourth-order valence-corrected chi connectivity index (χ4v) is 3.41. The maximum Gasteiger partial charge on any atom is 0.418 e. The number of rotatable bonds is 5. The molecule has 0 saturated carbocycles. The van der Waals surface area contributed by atoms with Gasteiger partial charge in [-0.3, -0.25) is 9.59 Å². The minimum Gasteiger partial charge on any atom is -0.481 e. The predicted molar refractivity (Wildman–Crippen MR) is 146 cm³/mol. The van der Waals surface area contributed by atoms with Gasteiger partial charge in [-0.25, -0.2) is 28.9 Å². The van der Waals surface area contributed by atoms with Crippen molar-refractivity contribution in [2.75, 3.05) is 18.9 Å². The molecule has 0 spiro atoms. The number of esters is 1. The van der Waals surface area contributed by atoms with Crippen LogP contribution in [0, 0.1) is 11.8 Å². The second kappa shape index (κ2) is 19.1. The van der Waals surface area contributed by atoms with Crippen LogP contribution in [0.5, 0.6) is 0 Å². The van der Waals surface area contributed by atoms with E-state index in [-0.39, 0.29) is 31.1 Å². The van der Waals surface area contributed by atoms with Crippen molar-refractivity contribution in [1.82, 2.24) is 19.2 Å². The lowest BCUT2D eigenvalue weighted by atomic mass is 10.1. The first-order valence-electron chi connectivity index (χ1n) is 12.4. The summed E-state index contributed by atoms with van der Waals surface area (Å²) >= 11 is 0. The zero-order valence-corrected chi connectivity index (χ0v) is 23.6. The molecule has 4 N–H and O–H groups in total. The van der Waals surface area contributed by atoms with E-state index in [0.29, 0.717) is 5.82 Å². The molecule has 224 valence electrons. The second-order valence-electron chi connectivity index (χ2n) is 7.62. The topological polar surface area (TPSA) is 221 Å². The summed E-state index contributed by atoms with van der Waals surface area (Å²) in [6, 6.07) is 6.85. The van der Waals surface area contributed by atoms with Crippen LogP contribution in [0.1, 0.15) is 69.7 Å². The van der Waals surface area contributed by atoms with E-state index >= 15 is 0 Å². The maximum atomic E-state index is 12.4. The van der Waals surface area contributed by atoms with Crippen LogP contribution in [0.3, 0.4) is 0 Å². The van der Waals surface area contributed by atoms with Gasteiger partial charge >= 0.3 is 12.1 Å². The van der Waals surface area contributed by atoms with Gasteiger partial charge in [-0.05, 0) is 44.0 Å². The van der Waals surface area contributed by atoms with Gasteiger partial charge in [0.15, 0.2) is 5.82 Å². The molecular weight excluding hydrogens is 540 g/mol. The Morgan fingerprint density at radius 1 is 1.10 bits per heavy atom. The van der Waals surface area contributed by atoms with Crippen LogP contribution in [0.15, 0.2) is 36.8 Å². The molecule has 15 heteroatoms. The molecule has 4 heterocycles. The number of aromatic nitrogens is 4. The van der Waals surface area contributed by atoms with Crippen LogP contribution in [0.2, 0.25) is 0 Å². The fraction of sp³-hybridized carbons (Fsp3) is 0.423. The van der Waals surface area contributed by atoms with Crippen molar-refractivity contribution in [1.29, 1.82) is 5.26 Å². The van der Waals surface area contributed by atoms with Crippen LogP contribution >= 0.6 is 0 Å². The Bertz CT molecular complexity index is 1260. The van der Waals surface area contributed by atoms with Crippen molar-refractivity contribution >= 4 is 35.3 Å². The third-order valence-electron chi connectivity index (χ3n) is 4.77. The van der Waals surface area contributed by atoms with Gasteiger partial charge in [0.25, 0.3) is 11.9 Å². The number of anilines is 1. The minimum atomic E-state index is -0.833. The predicted octanol–water partition coefficient (Wildman–Crippen LogP) is 3.54. The Morgan fingerprint density at radius 2 is 1.71 bits per heavy atom. The van der Waals surface area contributed by atoms with E-state index in [9.17, 15) is 9.59 Å². The molecule has 1 fully saturated rings. The number of carboxylic acid groups (broad SMARTS) is 2. The molecule has 0 amide bonds. The van der Waals surface area contributed by atoms with Crippen LogP contribution in [0.25, 0.3) is 5.52 Å². The molecular formula is C26H36N6O9. The molecule has 0 aliphatic carbocycles. The quantitative estimate of drug-likeness (QED) is 0.370. The zero-order valence-electron chi connectivity index (χ0n) is 23.6. The van der Waals surface area contributed by atoms with Crippen molar-refractivity contribution in [3.05, 3.63) is 48.2 Å². The van der Waals surface area contributed by atoms with Crippen molar-refractivity contribution in [2.24, 2.45) is 0 Å². The van der Waals surface area contributed by atoms with Gasteiger partial charge in [-0.2, -0.15) is 5.10 Å². The van der Waals surface area contributed by atoms with Crippen LogP contribution in [-0.2, 0) is 23.8 Å². The highest BCUT2D eigenvalue weighted by atomic mass is 16.6. The first-order valence-corrected chi connectivity index (χ1v) is 12.4. The number of hydrogen-bond acceptors (Lipinski definition) is 11. The average Bonchev–Trinajstić information content (AvgIpc) is 3.69. The van der Waals surface area contributed by atoms with Gasteiger partial charge in [0.1, 0.15) is 30.2 Å². The SMILES string of the molecule is C#N.CC.CC(=O)O.CC(=O)O.CCOC(=O)c1cccn1C(=O)OCC1CCC(c2ccc3c(N)ncnn23)O1. The van der Waals surface area contributed by atoms with E-state index in [4.69, 9.17) is 45.0 Å². The minimum absolute atomic E-state index is 0.0796. The Kier molecular flexibility index (Phi) is 16.8. The molecule has 1 aliphatic heterocycles. The number of nitrogen functional groups attached to an aromatic ring is 1. The summed E-state index contributed by atoms with van der Waals surface area (Å²) in [7, 11) is 0. The van der Waals surface area contributed by atoms with Crippen LogP contribution in [-0.4, -0.2) is 72.7 Å². The summed E-state index contributed by atoms with van der Waals surface area (Å²) in [5.74, 6) is -1.84. The molecule has 41 heavy (non-hydrogen) atoms. The summed E-state index contributed by atoms with van der Waals surface area (Å²) in [6.07, 6.45) is 3.26. The maximum absolute atomic E-state index is 12.4. The highest BCUT2D eigenvalue weighted by molar-refractivity contribution is 5.92. The number of aliphatic carboxylic acids is 2. The van der Waals surface area contributed by atoms with Gasteiger partial charge in [0.05, 0.1) is 18.4 Å². The number of nitrogens with two attached hydrogens (primary N) is 1.